The quantitative estimate of drug-likeness (QED) is 0.496. The van der Waals surface area contributed by atoms with Gasteiger partial charge >= 0.3 is 0 Å². The molecule has 0 atom stereocenters. The van der Waals surface area contributed by atoms with Crippen LogP contribution >= 0.6 is 11.8 Å². The number of aryl methyl sites for hydroxylation is 1. The van der Waals surface area contributed by atoms with E-state index in [0.717, 1.165) is 34.3 Å². The standard InChI is InChI=1S/C20H19N5OS/c1-3-25-16-12-8-7-11-15(16)18-19(25)21-20(23-22-18)27-13-17(26)24(2)14-9-5-4-6-10-14/h4-12H,3,13H2,1-2H3. The number of nitrogens with zero attached hydrogens (tertiary/aromatic N) is 5. The summed E-state index contributed by atoms with van der Waals surface area (Å²) in [5, 5.41) is 10.2. The van der Waals surface area contributed by atoms with Gasteiger partial charge in [-0.2, -0.15) is 0 Å². The van der Waals surface area contributed by atoms with E-state index in [2.05, 4.69) is 32.7 Å². The first-order valence-electron chi connectivity index (χ1n) is 8.75. The van der Waals surface area contributed by atoms with Gasteiger partial charge in [0.1, 0.15) is 5.52 Å². The van der Waals surface area contributed by atoms with Gasteiger partial charge in [-0.1, -0.05) is 48.2 Å². The Balaban J connectivity index is 1.58. The van der Waals surface area contributed by atoms with Crippen molar-refractivity contribution in [3.63, 3.8) is 0 Å². The normalized spacial score (nSPS) is 11.2. The van der Waals surface area contributed by atoms with Gasteiger partial charge in [-0.25, -0.2) is 4.98 Å². The zero-order chi connectivity index (χ0) is 18.8. The number of amides is 1. The lowest BCUT2D eigenvalue weighted by Gasteiger charge is -2.16. The van der Waals surface area contributed by atoms with Crippen LogP contribution in [0.25, 0.3) is 22.1 Å². The summed E-state index contributed by atoms with van der Waals surface area (Å²) >= 11 is 1.31. The molecule has 0 aliphatic carbocycles. The number of carbonyl (C=O) groups is 1. The van der Waals surface area contributed by atoms with E-state index in [1.807, 2.05) is 48.5 Å². The maximum absolute atomic E-state index is 12.5. The molecule has 0 bridgehead atoms. The van der Waals surface area contributed by atoms with Crippen LogP contribution in [0.15, 0.2) is 59.8 Å². The largest absolute Gasteiger partial charge is 0.324 e. The number of benzene rings is 2. The monoisotopic (exact) mass is 377 g/mol. The van der Waals surface area contributed by atoms with Gasteiger partial charge in [0.25, 0.3) is 0 Å². The van der Waals surface area contributed by atoms with E-state index in [1.165, 1.54) is 11.8 Å². The lowest BCUT2D eigenvalue weighted by atomic mass is 10.2. The Labute approximate surface area is 161 Å². The Morgan fingerprint density at radius 3 is 2.59 bits per heavy atom. The Morgan fingerprint density at radius 2 is 1.81 bits per heavy atom. The van der Waals surface area contributed by atoms with Crippen LogP contribution in [0.1, 0.15) is 6.92 Å². The Kier molecular flexibility index (Phi) is 4.77. The van der Waals surface area contributed by atoms with Crippen molar-refractivity contribution in [2.75, 3.05) is 17.7 Å². The molecule has 7 heteroatoms. The molecule has 136 valence electrons. The number of para-hydroxylation sites is 2. The van der Waals surface area contributed by atoms with Gasteiger partial charge in [-0.15, -0.1) is 10.2 Å². The van der Waals surface area contributed by atoms with E-state index < -0.39 is 0 Å². The van der Waals surface area contributed by atoms with Gasteiger partial charge in [-0.05, 0) is 25.1 Å². The first kappa shape index (κ1) is 17.5. The van der Waals surface area contributed by atoms with E-state index in [-0.39, 0.29) is 11.7 Å². The third kappa shape index (κ3) is 3.26. The van der Waals surface area contributed by atoms with Gasteiger partial charge in [0.05, 0.1) is 11.3 Å². The highest BCUT2D eigenvalue weighted by Gasteiger charge is 2.16. The summed E-state index contributed by atoms with van der Waals surface area (Å²) in [6, 6.07) is 17.7. The van der Waals surface area contributed by atoms with Crippen LogP contribution in [-0.2, 0) is 11.3 Å². The van der Waals surface area contributed by atoms with Gasteiger partial charge in [0.2, 0.25) is 11.1 Å². The van der Waals surface area contributed by atoms with Crippen molar-refractivity contribution in [1.29, 1.82) is 0 Å². The average Bonchev–Trinajstić information content (AvgIpc) is 3.05. The fraction of sp³-hybridized carbons (Fsp3) is 0.200. The molecule has 0 saturated heterocycles. The van der Waals surface area contributed by atoms with Crippen molar-refractivity contribution < 1.29 is 4.79 Å². The van der Waals surface area contributed by atoms with Crippen LogP contribution in [0.5, 0.6) is 0 Å². The summed E-state index contributed by atoms with van der Waals surface area (Å²) in [5.74, 6) is 0.246. The molecule has 27 heavy (non-hydrogen) atoms. The number of hydrogen-bond donors (Lipinski definition) is 0. The summed E-state index contributed by atoms with van der Waals surface area (Å²) in [4.78, 5) is 18.8. The summed E-state index contributed by atoms with van der Waals surface area (Å²) in [6.07, 6.45) is 0. The highest BCUT2D eigenvalue weighted by atomic mass is 32.2. The van der Waals surface area contributed by atoms with Gasteiger partial charge in [0, 0.05) is 24.7 Å². The van der Waals surface area contributed by atoms with Crippen LogP contribution in [0.2, 0.25) is 0 Å². The van der Waals surface area contributed by atoms with Crippen molar-refractivity contribution in [2.45, 2.75) is 18.6 Å². The third-order valence-electron chi connectivity index (χ3n) is 4.51. The number of rotatable bonds is 5. The smallest absolute Gasteiger partial charge is 0.237 e. The highest BCUT2D eigenvalue weighted by molar-refractivity contribution is 7.99. The van der Waals surface area contributed by atoms with Gasteiger partial charge in [-0.3, -0.25) is 4.79 Å². The van der Waals surface area contributed by atoms with E-state index >= 15 is 0 Å². The molecule has 4 rings (SSSR count). The molecule has 0 fully saturated rings. The molecule has 0 aliphatic heterocycles. The molecule has 0 spiro atoms. The average molecular weight is 377 g/mol. The first-order chi connectivity index (χ1) is 13.2. The predicted octanol–water partition coefficient (Wildman–Crippen LogP) is 3.75. The van der Waals surface area contributed by atoms with Crippen molar-refractivity contribution >= 4 is 45.4 Å². The number of thioether (sulfide) groups is 1. The molecule has 0 N–H and O–H groups in total. The third-order valence-corrected chi connectivity index (χ3v) is 5.34. The highest BCUT2D eigenvalue weighted by Crippen LogP contribution is 2.27. The lowest BCUT2D eigenvalue weighted by molar-refractivity contribution is -0.115. The van der Waals surface area contributed by atoms with Crippen LogP contribution in [0.3, 0.4) is 0 Å². The van der Waals surface area contributed by atoms with Crippen molar-refractivity contribution in [2.24, 2.45) is 0 Å². The van der Waals surface area contributed by atoms with E-state index in [0.29, 0.717) is 5.16 Å². The Hall–Kier alpha value is -2.93. The molecule has 4 aromatic rings. The fourth-order valence-corrected chi connectivity index (χ4v) is 3.79. The van der Waals surface area contributed by atoms with E-state index in [9.17, 15) is 4.79 Å². The first-order valence-corrected chi connectivity index (χ1v) is 9.73. The minimum Gasteiger partial charge on any atom is -0.324 e. The van der Waals surface area contributed by atoms with Crippen molar-refractivity contribution in [3.8, 4) is 0 Å². The molecule has 0 radical (unpaired) electrons. The second-order valence-electron chi connectivity index (χ2n) is 6.10. The Morgan fingerprint density at radius 1 is 1.07 bits per heavy atom. The van der Waals surface area contributed by atoms with E-state index in [4.69, 9.17) is 0 Å². The molecule has 2 aromatic carbocycles. The molecule has 2 heterocycles. The molecular formula is C20H19N5OS. The van der Waals surface area contributed by atoms with Crippen LogP contribution in [0, 0.1) is 0 Å². The number of hydrogen-bond acceptors (Lipinski definition) is 5. The van der Waals surface area contributed by atoms with Crippen LogP contribution < -0.4 is 4.90 Å². The molecular weight excluding hydrogens is 358 g/mol. The molecule has 0 aliphatic rings. The minimum absolute atomic E-state index is 0.00840. The van der Waals surface area contributed by atoms with E-state index in [1.54, 1.807) is 11.9 Å². The fourth-order valence-electron chi connectivity index (χ4n) is 3.09. The number of anilines is 1. The van der Waals surface area contributed by atoms with Crippen LogP contribution in [0.4, 0.5) is 5.69 Å². The maximum Gasteiger partial charge on any atom is 0.237 e. The SMILES string of the molecule is CCn1c2ccccc2c2nnc(SCC(=O)N(C)c3ccccc3)nc21. The van der Waals surface area contributed by atoms with Gasteiger partial charge < -0.3 is 9.47 Å². The molecule has 1 amide bonds. The summed E-state index contributed by atoms with van der Waals surface area (Å²) < 4.78 is 2.13. The van der Waals surface area contributed by atoms with Crippen molar-refractivity contribution in [3.05, 3.63) is 54.6 Å². The number of fused-ring (bicyclic) bond motifs is 3. The molecule has 0 saturated carbocycles. The zero-order valence-electron chi connectivity index (χ0n) is 15.2. The second kappa shape index (κ2) is 7.36. The van der Waals surface area contributed by atoms with Crippen LogP contribution in [-0.4, -0.2) is 38.5 Å². The summed E-state index contributed by atoms with van der Waals surface area (Å²) in [6.45, 7) is 2.88. The second-order valence-corrected chi connectivity index (χ2v) is 7.05. The summed E-state index contributed by atoms with van der Waals surface area (Å²) in [7, 11) is 1.77. The molecule has 0 unspecified atom stereocenters. The maximum atomic E-state index is 12.5. The summed E-state index contributed by atoms with van der Waals surface area (Å²) in [5.41, 5.74) is 3.56. The lowest BCUT2D eigenvalue weighted by Crippen LogP contribution is -2.27. The predicted molar refractivity (Wildman–Crippen MR) is 109 cm³/mol. The zero-order valence-corrected chi connectivity index (χ0v) is 16.0. The molecule has 2 aromatic heterocycles. The number of carbonyl (C=O) groups excluding carboxylic acids is 1. The number of aromatic nitrogens is 4. The Bertz CT molecular complexity index is 1110. The van der Waals surface area contributed by atoms with Crippen molar-refractivity contribution in [1.82, 2.24) is 19.7 Å². The molecule has 6 nitrogen and oxygen atoms in total. The topological polar surface area (TPSA) is 63.9 Å². The van der Waals surface area contributed by atoms with Gasteiger partial charge in [0.15, 0.2) is 5.65 Å². The minimum atomic E-state index is -0.00840.